The molecule has 24 heavy (non-hydrogen) atoms. The van der Waals surface area contributed by atoms with Crippen LogP contribution in [-0.4, -0.2) is 28.6 Å². The summed E-state index contributed by atoms with van der Waals surface area (Å²) in [4.78, 5) is 27.5. The van der Waals surface area contributed by atoms with Gasteiger partial charge in [0.15, 0.2) is 0 Å². The van der Waals surface area contributed by atoms with E-state index in [1.54, 1.807) is 17.2 Å². The van der Waals surface area contributed by atoms with Crippen LogP contribution in [0.3, 0.4) is 0 Å². The Morgan fingerprint density at radius 1 is 1.33 bits per heavy atom. The number of fused-ring (bicyclic) bond motifs is 4. The van der Waals surface area contributed by atoms with Gasteiger partial charge < -0.3 is 10.2 Å². The van der Waals surface area contributed by atoms with E-state index in [1.165, 1.54) is 0 Å². The minimum Gasteiger partial charge on any atom is -0.311 e. The first-order valence-electron chi connectivity index (χ1n) is 7.90. The van der Waals surface area contributed by atoms with Crippen molar-refractivity contribution in [3.05, 3.63) is 40.5 Å². The number of benzene rings is 1. The zero-order valence-corrected chi connectivity index (χ0v) is 14.1. The number of nitrogens with zero attached hydrogens (tertiary/aromatic N) is 2. The largest absolute Gasteiger partial charge is 0.311 e. The van der Waals surface area contributed by atoms with Gasteiger partial charge in [-0.3, -0.25) is 14.7 Å². The van der Waals surface area contributed by atoms with Gasteiger partial charge in [-0.05, 0) is 17.5 Å². The lowest BCUT2D eigenvalue weighted by Gasteiger charge is -2.32. The summed E-state index contributed by atoms with van der Waals surface area (Å²) in [6.45, 7) is 4.64. The van der Waals surface area contributed by atoms with Crippen LogP contribution in [0.1, 0.15) is 31.4 Å². The quantitative estimate of drug-likeness (QED) is 0.879. The Morgan fingerprint density at radius 2 is 2.12 bits per heavy atom. The van der Waals surface area contributed by atoms with Crippen LogP contribution in [0.5, 0.6) is 0 Å². The Hall–Kier alpha value is -2.34. The average molecular weight is 345 g/mol. The lowest BCUT2D eigenvalue weighted by atomic mass is 9.72. The van der Waals surface area contributed by atoms with Crippen LogP contribution in [0.25, 0.3) is 0 Å². The number of hydrogen-bond acceptors (Lipinski definition) is 3. The Balaban J connectivity index is 2.01. The summed E-state index contributed by atoms with van der Waals surface area (Å²) < 4.78 is 0. The second kappa shape index (κ2) is 5.08. The van der Waals surface area contributed by atoms with Gasteiger partial charge in [0.05, 0.1) is 16.9 Å². The summed E-state index contributed by atoms with van der Waals surface area (Å²) >= 11 is 6.44. The molecule has 0 saturated heterocycles. The highest BCUT2D eigenvalue weighted by Crippen LogP contribution is 2.53. The average Bonchev–Trinajstić information content (AvgIpc) is 3.06. The number of aromatic nitrogens is 2. The molecular formula is C17H17ClN4O2. The lowest BCUT2D eigenvalue weighted by Crippen LogP contribution is -2.47. The predicted octanol–water partition coefficient (Wildman–Crippen LogP) is 2.69. The number of H-pyrrole nitrogens is 1. The highest BCUT2D eigenvalue weighted by Gasteiger charge is 2.57. The number of anilines is 2. The number of nitrogens with one attached hydrogen (secondary N) is 2. The van der Waals surface area contributed by atoms with Gasteiger partial charge in [-0.2, -0.15) is 5.10 Å². The number of amides is 2. The summed E-state index contributed by atoms with van der Waals surface area (Å²) in [7, 11) is 0. The molecule has 1 aromatic heterocycles. The fraction of sp³-hybridized carbons (Fsp3) is 0.353. The molecule has 0 fully saturated rings. The van der Waals surface area contributed by atoms with Gasteiger partial charge in [0.1, 0.15) is 11.2 Å². The number of rotatable bonds is 2. The zero-order chi connectivity index (χ0) is 17.1. The molecule has 0 saturated carbocycles. The van der Waals surface area contributed by atoms with Crippen molar-refractivity contribution in [2.45, 2.75) is 25.7 Å². The van der Waals surface area contributed by atoms with Crippen LogP contribution >= 0.6 is 11.6 Å². The molecule has 2 amide bonds. The van der Waals surface area contributed by atoms with E-state index in [9.17, 15) is 9.59 Å². The molecule has 3 heterocycles. The Kier molecular flexibility index (Phi) is 3.22. The van der Waals surface area contributed by atoms with E-state index in [-0.39, 0.29) is 24.2 Å². The maximum atomic E-state index is 13.5. The molecule has 1 spiro atoms. The highest BCUT2D eigenvalue weighted by atomic mass is 35.5. The maximum Gasteiger partial charge on any atom is 0.242 e. The molecule has 2 aromatic rings. The predicted molar refractivity (Wildman–Crippen MR) is 91.3 cm³/mol. The molecule has 1 atom stereocenters. The van der Waals surface area contributed by atoms with Crippen LogP contribution in [-0.2, 0) is 15.0 Å². The van der Waals surface area contributed by atoms with E-state index < -0.39 is 5.41 Å². The number of aromatic amines is 1. The van der Waals surface area contributed by atoms with E-state index in [0.717, 1.165) is 5.56 Å². The normalized spacial score (nSPS) is 22.1. The minimum absolute atomic E-state index is 0.0559. The van der Waals surface area contributed by atoms with Crippen LogP contribution < -0.4 is 10.2 Å². The van der Waals surface area contributed by atoms with Crippen LogP contribution in [0.15, 0.2) is 24.4 Å². The van der Waals surface area contributed by atoms with Gasteiger partial charge >= 0.3 is 0 Å². The highest BCUT2D eigenvalue weighted by molar-refractivity contribution is 6.35. The summed E-state index contributed by atoms with van der Waals surface area (Å²) in [5, 5.41) is 10.1. The molecule has 4 rings (SSSR count). The molecule has 2 aliphatic heterocycles. The van der Waals surface area contributed by atoms with Gasteiger partial charge in [-0.25, -0.2) is 0 Å². The standard InChI is InChI=1S/C17H17ClN4O2/c1-9(2)8-22-14-10(4-3-5-12(14)18)17(16(22)24)6-13(23)20-15-11(17)7-19-21-15/h3-5,7,9H,6,8H2,1-2H3,(H2,19,20,21,23). The minimum atomic E-state index is -1.06. The number of hydrogen-bond donors (Lipinski definition) is 2. The van der Waals surface area contributed by atoms with Crippen molar-refractivity contribution >= 4 is 34.9 Å². The molecule has 2 aliphatic rings. The fourth-order valence-electron chi connectivity index (χ4n) is 3.78. The lowest BCUT2D eigenvalue weighted by molar-refractivity contribution is -0.126. The second-order valence-electron chi connectivity index (χ2n) is 6.73. The van der Waals surface area contributed by atoms with Gasteiger partial charge in [-0.15, -0.1) is 0 Å². The second-order valence-corrected chi connectivity index (χ2v) is 7.14. The Labute approximate surface area is 144 Å². The van der Waals surface area contributed by atoms with Crippen molar-refractivity contribution in [2.75, 3.05) is 16.8 Å². The summed E-state index contributed by atoms with van der Waals surface area (Å²) in [6, 6.07) is 5.48. The molecule has 1 aromatic carbocycles. The van der Waals surface area contributed by atoms with Gasteiger partial charge in [0, 0.05) is 18.5 Å². The van der Waals surface area contributed by atoms with Crippen molar-refractivity contribution < 1.29 is 9.59 Å². The molecule has 0 bridgehead atoms. The first-order chi connectivity index (χ1) is 11.4. The molecule has 0 aliphatic carbocycles. The van der Waals surface area contributed by atoms with E-state index >= 15 is 0 Å². The number of carbonyl (C=O) groups is 2. The van der Waals surface area contributed by atoms with Gasteiger partial charge in [0.25, 0.3) is 0 Å². The fourth-order valence-corrected chi connectivity index (χ4v) is 4.05. The molecule has 2 N–H and O–H groups in total. The van der Waals surface area contributed by atoms with Crippen molar-refractivity contribution in [1.29, 1.82) is 0 Å². The van der Waals surface area contributed by atoms with E-state index in [0.29, 0.717) is 28.6 Å². The third-order valence-electron chi connectivity index (χ3n) is 4.66. The van der Waals surface area contributed by atoms with Gasteiger partial charge in [0.2, 0.25) is 11.8 Å². The topological polar surface area (TPSA) is 78.1 Å². The molecule has 1 unspecified atom stereocenters. The summed E-state index contributed by atoms with van der Waals surface area (Å²) in [6.07, 6.45) is 1.68. The number of halogens is 1. The summed E-state index contributed by atoms with van der Waals surface area (Å²) in [5.41, 5.74) is 1.12. The van der Waals surface area contributed by atoms with Crippen molar-refractivity contribution in [3.8, 4) is 0 Å². The third kappa shape index (κ3) is 1.86. The smallest absolute Gasteiger partial charge is 0.242 e. The molecule has 6 nitrogen and oxygen atoms in total. The zero-order valence-electron chi connectivity index (χ0n) is 13.4. The third-order valence-corrected chi connectivity index (χ3v) is 4.97. The van der Waals surface area contributed by atoms with Crippen molar-refractivity contribution in [3.63, 3.8) is 0 Å². The maximum absolute atomic E-state index is 13.5. The van der Waals surface area contributed by atoms with Crippen LogP contribution in [0, 0.1) is 5.92 Å². The van der Waals surface area contributed by atoms with Crippen LogP contribution in [0.2, 0.25) is 5.02 Å². The molecule has 0 radical (unpaired) electrons. The monoisotopic (exact) mass is 344 g/mol. The molecule has 7 heteroatoms. The molecule has 124 valence electrons. The van der Waals surface area contributed by atoms with Crippen molar-refractivity contribution in [2.24, 2.45) is 5.92 Å². The Bertz CT molecular complexity index is 860. The van der Waals surface area contributed by atoms with E-state index in [2.05, 4.69) is 15.5 Å². The number of para-hydroxylation sites is 1. The number of carbonyl (C=O) groups excluding carboxylic acids is 2. The van der Waals surface area contributed by atoms with E-state index in [4.69, 9.17) is 11.6 Å². The summed E-state index contributed by atoms with van der Waals surface area (Å²) in [5.74, 6) is 0.431. The van der Waals surface area contributed by atoms with Crippen molar-refractivity contribution in [1.82, 2.24) is 10.2 Å². The van der Waals surface area contributed by atoms with Crippen LogP contribution in [0.4, 0.5) is 11.5 Å². The van der Waals surface area contributed by atoms with E-state index in [1.807, 2.05) is 26.0 Å². The SMILES string of the molecule is CC(C)CN1C(=O)C2(CC(=O)Nc3[nH]ncc32)c2cccc(Cl)c21. The first-order valence-corrected chi connectivity index (χ1v) is 8.27. The Morgan fingerprint density at radius 3 is 2.88 bits per heavy atom. The molecular weight excluding hydrogens is 328 g/mol. The first kappa shape index (κ1) is 15.2. The van der Waals surface area contributed by atoms with Gasteiger partial charge in [-0.1, -0.05) is 37.6 Å².